The zero-order chi connectivity index (χ0) is 13.5. The van der Waals surface area contributed by atoms with E-state index >= 15 is 0 Å². The lowest BCUT2D eigenvalue weighted by molar-refractivity contribution is -0.128. The number of carbonyl (C=O) groups excluding carboxylic acids is 1. The van der Waals surface area contributed by atoms with Crippen LogP contribution in [0.25, 0.3) is 0 Å². The molecule has 1 aromatic rings. The molecule has 4 heteroatoms. The molecule has 0 aromatic heterocycles. The van der Waals surface area contributed by atoms with Crippen molar-refractivity contribution in [2.24, 2.45) is 0 Å². The minimum absolute atomic E-state index is 0.0671. The van der Waals surface area contributed by atoms with Gasteiger partial charge in [0.1, 0.15) is 0 Å². The molecule has 19 heavy (non-hydrogen) atoms. The first-order chi connectivity index (χ1) is 9.29. The summed E-state index contributed by atoms with van der Waals surface area (Å²) in [6, 6.07) is 7.73. The van der Waals surface area contributed by atoms with Gasteiger partial charge in [0.15, 0.2) is 0 Å². The Morgan fingerprint density at radius 3 is 2.32 bits per heavy atom. The van der Waals surface area contributed by atoms with E-state index in [2.05, 4.69) is 0 Å². The molecule has 1 heterocycles. The number of thioether (sulfide) groups is 1. The molecule has 0 aliphatic carbocycles. The summed E-state index contributed by atoms with van der Waals surface area (Å²) < 4.78 is 0. The number of rotatable bonds is 4. The van der Waals surface area contributed by atoms with Crippen LogP contribution in [0.15, 0.2) is 29.2 Å². The van der Waals surface area contributed by atoms with Gasteiger partial charge in [0.2, 0.25) is 5.91 Å². The second-order valence-electron chi connectivity index (χ2n) is 4.89. The smallest absolute Gasteiger partial charge is 0.232 e. The van der Waals surface area contributed by atoms with Crippen molar-refractivity contribution in [1.82, 2.24) is 4.90 Å². The number of amides is 1. The van der Waals surface area contributed by atoms with Crippen molar-refractivity contribution < 1.29 is 9.90 Å². The van der Waals surface area contributed by atoms with Crippen LogP contribution in [0, 0.1) is 0 Å². The largest absolute Gasteiger partial charge is 0.392 e. The van der Waals surface area contributed by atoms with Crippen molar-refractivity contribution in [3.8, 4) is 0 Å². The molecule has 1 aliphatic rings. The molecule has 1 N–H and O–H groups in total. The van der Waals surface area contributed by atoms with Crippen molar-refractivity contribution in [3.63, 3.8) is 0 Å². The van der Waals surface area contributed by atoms with Crippen LogP contribution < -0.4 is 0 Å². The third kappa shape index (κ3) is 4.55. The maximum atomic E-state index is 12.1. The van der Waals surface area contributed by atoms with Crippen molar-refractivity contribution in [2.75, 3.05) is 18.8 Å². The highest BCUT2D eigenvalue weighted by molar-refractivity contribution is 8.00. The van der Waals surface area contributed by atoms with E-state index in [4.69, 9.17) is 5.11 Å². The summed E-state index contributed by atoms with van der Waals surface area (Å²) in [6.07, 6.45) is 4.78. The molecule has 1 aliphatic heterocycles. The predicted octanol–water partition coefficient (Wildman–Crippen LogP) is 2.67. The Labute approximate surface area is 119 Å². The standard InChI is InChI=1S/C15H21NO2S/c17-11-13-5-7-14(8-6-13)19-12-15(18)16-9-3-1-2-4-10-16/h5-8,17H,1-4,9-12H2. The van der Waals surface area contributed by atoms with E-state index in [1.54, 1.807) is 11.8 Å². The van der Waals surface area contributed by atoms with Gasteiger partial charge in [-0.25, -0.2) is 0 Å². The summed E-state index contributed by atoms with van der Waals surface area (Å²) in [5, 5.41) is 8.98. The second-order valence-corrected chi connectivity index (χ2v) is 5.93. The number of aliphatic hydroxyl groups excluding tert-OH is 1. The van der Waals surface area contributed by atoms with Gasteiger partial charge in [-0.05, 0) is 30.5 Å². The summed E-state index contributed by atoms with van der Waals surface area (Å²) in [5.41, 5.74) is 0.906. The second kappa shape index (κ2) is 7.56. The molecule has 1 aromatic carbocycles. The van der Waals surface area contributed by atoms with Gasteiger partial charge in [0.05, 0.1) is 12.4 Å². The molecule has 1 amide bonds. The minimum Gasteiger partial charge on any atom is -0.392 e. The van der Waals surface area contributed by atoms with Crippen LogP contribution in [0.1, 0.15) is 31.2 Å². The van der Waals surface area contributed by atoms with E-state index in [9.17, 15) is 4.79 Å². The van der Waals surface area contributed by atoms with Crippen molar-refractivity contribution in [1.29, 1.82) is 0 Å². The molecule has 1 saturated heterocycles. The fraction of sp³-hybridized carbons (Fsp3) is 0.533. The number of aliphatic hydroxyl groups is 1. The van der Waals surface area contributed by atoms with Crippen LogP contribution in [0.2, 0.25) is 0 Å². The predicted molar refractivity (Wildman–Crippen MR) is 78.1 cm³/mol. The third-order valence-electron chi connectivity index (χ3n) is 3.43. The normalized spacial score (nSPS) is 16.2. The van der Waals surface area contributed by atoms with Crippen LogP contribution >= 0.6 is 11.8 Å². The summed E-state index contributed by atoms with van der Waals surface area (Å²) in [4.78, 5) is 15.2. The lowest BCUT2D eigenvalue weighted by atomic mass is 10.2. The molecule has 0 saturated carbocycles. The van der Waals surface area contributed by atoms with Gasteiger partial charge in [0, 0.05) is 18.0 Å². The number of hydrogen-bond acceptors (Lipinski definition) is 3. The highest BCUT2D eigenvalue weighted by Gasteiger charge is 2.15. The average molecular weight is 279 g/mol. The minimum atomic E-state index is 0.0671. The van der Waals surface area contributed by atoms with Crippen LogP contribution in [0.3, 0.4) is 0 Å². The molecule has 0 bridgehead atoms. The highest BCUT2D eigenvalue weighted by Crippen LogP contribution is 2.20. The Hall–Kier alpha value is -1.00. The van der Waals surface area contributed by atoms with Gasteiger partial charge >= 0.3 is 0 Å². The van der Waals surface area contributed by atoms with E-state index in [0.29, 0.717) is 5.75 Å². The Balaban J connectivity index is 1.81. The quantitative estimate of drug-likeness (QED) is 0.861. The number of carbonyl (C=O) groups is 1. The third-order valence-corrected chi connectivity index (χ3v) is 4.42. The summed E-state index contributed by atoms with van der Waals surface area (Å²) in [6.45, 7) is 1.91. The van der Waals surface area contributed by atoms with Crippen LogP contribution in [-0.4, -0.2) is 34.8 Å². The Kier molecular flexibility index (Phi) is 5.73. The van der Waals surface area contributed by atoms with Gasteiger partial charge in [0.25, 0.3) is 0 Å². The number of benzene rings is 1. The van der Waals surface area contributed by atoms with Gasteiger partial charge in [-0.3, -0.25) is 4.79 Å². The summed E-state index contributed by atoms with van der Waals surface area (Å²) in [7, 11) is 0. The van der Waals surface area contributed by atoms with E-state index < -0.39 is 0 Å². The average Bonchev–Trinajstić information content (AvgIpc) is 2.74. The molecule has 0 unspecified atom stereocenters. The van der Waals surface area contributed by atoms with Gasteiger partial charge in [-0.1, -0.05) is 25.0 Å². The van der Waals surface area contributed by atoms with Crippen molar-refractivity contribution in [3.05, 3.63) is 29.8 Å². The fourth-order valence-electron chi connectivity index (χ4n) is 2.25. The number of hydrogen-bond donors (Lipinski definition) is 1. The van der Waals surface area contributed by atoms with E-state index in [-0.39, 0.29) is 12.5 Å². The molecular formula is C15H21NO2S. The lowest BCUT2D eigenvalue weighted by Gasteiger charge is -2.19. The van der Waals surface area contributed by atoms with E-state index in [1.165, 1.54) is 12.8 Å². The van der Waals surface area contributed by atoms with Gasteiger partial charge in [-0.15, -0.1) is 11.8 Å². The Morgan fingerprint density at radius 2 is 1.74 bits per heavy atom. The van der Waals surface area contributed by atoms with Crippen LogP contribution in [0.4, 0.5) is 0 Å². The van der Waals surface area contributed by atoms with E-state index in [0.717, 1.165) is 36.4 Å². The highest BCUT2D eigenvalue weighted by atomic mass is 32.2. The molecule has 0 atom stereocenters. The monoisotopic (exact) mass is 279 g/mol. The first-order valence-corrected chi connectivity index (χ1v) is 7.88. The molecule has 2 rings (SSSR count). The zero-order valence-electron chi connectivity index (χ0n) is 11.2. The molecule has 0 radical (unpaired) electrons. The van der Waals surface area contributed by atoms with Crippen LogP contribution in [-0.2, 0) is 11.4 Å². The maximum Gasteiger partial charge on any atom is 0.232 e. The fourth-order valence-corrected chi connectivity index (χ4v) is 3.05. The molecule has 3 nitrogen and oxygen atoms in total. The lowest BCUT2D eigenvalue weighted by Crippen LogP contribution is -2.33. The first-order valence-electron chi connectivity index (χ1n) is 6.90. The Bertz CT molecular complexity index is 397. The molecule has 104 valence electrons. The summed E-state index contributed by atoms with van der Waals surface area (Å²) in [5.74, 6) is 0.761. The van der Waals surface area contributed by atoms with Crippen molar-refractivity contribution >= 4 is 17.7 Å². The van der Waals surface area contributed by atoms with Gasteiger partial charge in [-0.2, -0.15) is 0 Å². The zero-order valence-corrected chi connectivity index (χ0v) is 12.0. The Morgan fingerprint density at radius 1 is 1.11 bits per heavy atom. The number of likely N-dealkylation sites (tertiary alicyclic amines) is 1. The molecular weight excluding hydrogens is 258 g/mol. The molecule has 1 fully saturated rings. The molecule has 0 spiro atoms. The van der Waals surface area contributed by atoms with E-state index in [1.807, 2.05) is 29.2 Å². The topological polar surface area (TPSA) is 40.5 Å². The van der Waals surface area contributed by atoms with Crippen molar-refractivity contribution in [2.45, 2.75) is 37.2 Å². The SMILES string of the molecule is O=C(CSc1ccc(CO)cc1)N1CCCCCC1. The van der Waals surface area contributed by atoms with Gasteiger partial charge < -0.3 is 10.0 Å². The van der Waals surface area contributed by atoms with Crippen LogP contribution in [0.5, 0.6) is 0 Å². The summed E-state index contributed by atoms with van der Waals surface area (Å²) >= 11 is 1.58. The number of nitrogens with zero attached hydrogens (tertiary/aromatic N) is 1. The first kappa shape index (κ1) is 14.4. The maximum absolute atomic E-state index is 12.1.